The van der Waals surface area contributed by atoms with Gasteiger partial charge < -0.3 is 14.4 Å². The first-order chi connectivity index (χ1) is 12.7. The molecule has 0 aliphatic heterocycles. The van der Waals surface area contributed by atoms with Crippen molar-refractivity contribution in [3.8, 4) is 11.5 Å². The largest absolute Gasteiger partial charge is 0.493 e. The molecule has 0 saturated carbocycles. The molecule has 0 aliphatic carbocycles. The van der Waals surface area contributed by atoms with Crippen molar-refractivity contribution in [3.63, 3.8) is 0 Å². The van der Waals surface area contributed by atoms with Crippen LogP contribution in [0.2, 0.25) is 0 Å². The minimum absolute atomic E-state index is 0.145. The summed E-state index contributed by atoms with van der Waals surface area (Å²) in [7, 11) is 3.19. The number of halogens is 1. The second-order valence-corrected chi connectivity index (χ2v) is 8.89. The molecule has 6 nitrogen and oxygen atoms in total. The molecule has 0 bridgehead atoms. The van der Waals surface area contributed by atoms with Crippen LogP contribution in [-0.4, -0.2) is 47.6 Å². The molecule has 2 aromatic rings. The van der Waals surface area contributed by atoms with Gasteiger partial charge in [0.05, 0.1) is 14.2 Å². The lowest BCUT2D eigenvalue weighted by Crippen LogP contribution is -2.30. The van der Waals surface area contributed by atoms with Crippen molar-refractivity contribution in [2.24, 2.45) is 0 Å². The lowest BCUT2D eigenvalue weighted by atomic mass is 10.2. The average molecular weight is 457 g/mol. The minimum Gasteiger partial charge on any atom is -0.493 e. The number of hydrogen-bond acceptors (Lipinski definition) is 5. The van der Waals surface area contributed by atoms with E-state index < -0.39 is 10.0 Å². The lowest BCUT2D eigenvalue weighted by Gasteiger charge is -2.22. The second kappa shape index (κ2) is 8.95. The Bertz CT molecular complexity index is 883. The van der Waals surface area contributed by atoms with E-state index in [1.54, 1.807) is 6.07 Å². The van der Waals surface area contributed by atoms with Crippen LogP contribution in [0, 0.1) is 0 Å². The highest BCUT2D eigenvalue weighted by Crippen LogP contribution is 2.37. The summed E-state index contributed by atoms with van der Waals surface area (Å²) in [5, 5.41) is 0. The van der Waals surface area contributed by atoms with Gasteiger partial charge in [-0.25, -0.2) is 8.42 Å². The zero-order chi connectivity index (χ0) is 20.2. The van der Waals surface area contributed by atoms with Crippen LogP contribution in [0.1, 0.15) is 12.5 Å². The van der Waals surface area contributed by atoms with E-state index in [0.717, 1.165) is 11.3 Å². The van der Waals surface area contributed by atoms with Gasteiger partial charge >= 0.3 is 0 Å². The summed E-state index contributed by atoms with van der Waals surface area (Å²) in [6, 6.07) is 10.9. The van der Waals surface area contributed by atoms with Crippen molar-refractivity contribution in [1.82, 2.24) is 4.31 Å². The van der Waals surface area contributed by atoms with Gasteiger partial charge in [0.25, 0.3) is 0 Å². The molecule has 0 N–H and O–H groups in total. The number of methoxy groups -OCH3 is 2. The van der Waals surface area contributed by atoms with Crippen LogP contribution in [0.5, 0.6) is 11.5 Å². The molecule has 0 spiro atoms. The molecule has 0 radical (unpaired) electrons. The van der Waals surface area contributed by atoms with Crippen LogP contribution in [0.15, 0.2) is 45.8 Å². The summed E-state index contributed by atoms with van der Waals surface area (Å²) in [4.78, 5) is 2.14. The fourth-order valence-electron chi connectivity index (χ4n) is 2.64. The van der Waals surface area contributed by atoms with Crippen molar-refractivity contribution in [2.75, 3.05) is 39.8 Å². The molecule has 0 atom stereocenters. The third-order valence-corrected chi connectivity index (χ3v) is 7.10. The zero-order valence-electron chi connectivity index (χ0n) is 16.2. The minimum atomic E-state index is -3.72. The molecule has 0 aliphatic rings. The van der Waals surface area contributed by atoms with E-state index in [1.165, 1.54) is 24.6 Å². The monoisotopic (exact) mass is 456 g/mol. The number of ether oxygens (including phenoxy) is 2. The van der Waals surface area contributed by atoms with E-state index in [1.807, 2.05) is 50.2 Å². The Hall–Kier alpha value is -1.77. The summed E-state index contributed by atoms with van der Waals surface area (Å²) < 4.78 is 38.8. The van der Waals surface area contributed by atoms with Gasteiger partial charge in [-0.15, -0.1) is 0 Å². The Balaban J connectivity index is 2.38. The fraction of sp³-hybridized carbons (Fsp3) is 0.368. The summed E-state index contributed by atoms with van der Waals surface area (Å²) in [6.07, 6.45) is 0. The number of benzene rings is 2. The third kappa shape index (κ3) is 4.75. The summed E-state index contributed by atoms with van der Waals surface area (Å²) >= 11 is 3.35. The van der Waals surface area contributed by atoms with Crippen LogP contribution in [0.25, 0.3) is 0 Å². The first-order valence-electron chi connectivity index (χ1n) is 8.42. The van der Waals surface area contributed by atoms with Gasteiger partial charge in [0.15, 0.2) is 11.5 Å². The van der Waals surface area contributed by atoms with Gasteiger partial charge in [-0.05, 0) is 39.7 Å². The van der Waals surface area contributed by atoms with E-state index in [4.69, 9.17) is 9.47 Å². The topological polar surface area (TPSA) is 59.1 Å². The zero-order valence-corrected chi connectivity index (χ0v) is 18.6. The summed E-state index contributed by atoms with van der Waals surface area (Å²) in [5.41, 5.74) is 1.98. The maximum absolute atomic E-state index is 13.2. The maximum atomic E-state index is 13.2. The molecule has 148 valence electrons. The van der Waals surface area contributed by atoms with Crippen LogP contribution >= 0.6 is 15.9 Å². The van der Waals surface area contributed by atoms with Crippen LogP contribution in [0.4, 0.5) is 5.69 Å². The van der Waals surface area contributed by atoms with Crippen LogP contribution < -0.4 is 14.4 Å². The molecular weight excluding hydrogens is 432 g/mol. The van der Waals surface area contributed by atoms with Gasteiger partial charge in [0.2, 0.25) is 10.0 Å². The van der Waals surface area contributed by atoms with Gasteiger partial charge in [-0.3, -0.25) is 0 Å². The van der Waals surface area contributed by atoms with E-state index >= 15 is 0 Å². The predicted octanol–water partition coefficient (Wildman–Crippen LogP) is 3.74. The Morgan fingerprint density at radius 3 is 2.04 bits per heavy atom. The van der Waals surface area contributed by atoms with Gasteiger partial charge in [-0.2, -0.15) is 4.31 Å². The second-order valence-electron chi connectivity index (χ2n) is 6.13. The van der Waals surface area contributed by atoms with Gasteiger partial charge in [0, 0.05) is 43.4 Å². The molecule has 2 aromatic carbocycles. The number of rotatable bonds is 8. The van der Waals surface area contributed by atoms with Crippen molar-refractivity contribution < 1.29 is 17.9 Å². The Morgan fingerprint density at radius 2 is 1.56 bits per heavy atom. The summed E-state index contributed by atoms with van der Waals surface area (Å²) in [6.45, 7) is 2.45. The number of sulfonamides is 1. The Labute approximate surface area is 169 Å². The smallest absolute Gasteiger partial charge is 0.244 e. The molecule has 8 heteroatoms. The normalized spacial score (nSPS) is 11.5. The molecular formula is C19H25BrN2O4S. The highest BCUT2D eigenvalue weighted by Gasteiger charge is 2.27. The predicted molar refractivity (Wildman–Crippen MR) is 111 cm³/mol. The molecule has 0 heterocycles. The highest BCUT2D eigenvalue weighted by atomic mass is 79.9. The van der Waals surface area contributed by atoms with Crippen LogP contribution in [-0.2, 0) is 16.6 Å². The highest BCUT2D eigenvalue weighted by molar-refractivity contribution is 9.10. The number of hydrogen-bond donors (Lipinski definition) is 0. The molecule has 0 fully saturated rings. The van der Waals surface area contributed by atoms with Crippen molar-refractivity contribution >= 4 is 31.6 Å². The Kier molecular flexibility index (Phi) is 7.13. The fourth-order valence-corrected chi connectivity index (χ4v) is 5.08. The van der Waals surface area contributed by atoms with Gasteiger partial charge in [-0.1, -0.05) is 19.1 Å². The van der Waals surface area contributed by atoms with Crippen molar-refractivity contribution in [2.45, 2.75) is 18.4 Å². The average Bonchev–Trinajstić information content (AvgIpc) is 2.65. The van der Waals surface area contributed by atoms with E-state index in [-0.39, 0.29) is 11.4 Å². The molecule has 0 unspecified atom stereocenters. The molecule has 27 heavy (non-hydrogen) atoms. The first kappa shape index (κ1) is 21.5. The van der Waals surface area contributed by atoms with Crippen molar-refractivity contribution in [3.05, 3.63) is 46.4 Å². The number of anilines is 1. The maximum Gasteiger partial charge on any atom is 0.244 e. The SMILES string of the molecule is CCN(Cc1ccc(N(C)C)cc1)S(=O)(=O)c1cc(OC)c(OC)cc1Br. The van der Waals surface area contributed by atoms with E-state index in [0.29, 0.717) is 22.5 Å². The Morgan fingerprint density at radius 1 is 1.00 bits per heavy atom. The van der Waals surface area contributed by atoms with E-state index in [2.05, 4.69) is 15.9 Å². The first-order valence-corrected chi connectivity index (χ1v) is 10.7. The molecule has 2 rings (SSSR count). The molecule has 0 amide bonds. The van der Waals surface area contributed by atoms with Gasteiger partial charge in [0.1, 0.15) is 4.90 Å². The standard InChI is InChI=1S/C19H25BrN2O4S/c1-6-22(13-14-7-9-15(10-8-14)21(2)3)27(23,24)19-12-18(26-5)17(25-4)11-16(19)20/h7-12H,6,13H2,1-5H3. The van der Waals surface area contributed by atoms with Crippen LogP contribution in [0.3, 0.4) is 0 Å². The number of nitrogens with zero attached hydrogens (tertiary/aromatic N) is 2. The molecule has 0 aromatic heterocycles. The molecule has 0 saturated heterocycles. The van der Waals surface area contributed by atoms with Crippen molar-refractivity contribution in [1.29, 1.82) is 0 Å². The quantitative estimate of drug-likeness (QED) is 0.605. The third-order valence-electron chi connectivity index (χ3n) is 4.22. The lowest BCUT2D eigenvalue weighted by molar-refractivity contribution is 0.353. The summed E-state index contributed by atoms with van der Waals surface area (Å²) in [5.74, 6) is 0.830. The van der Waals surface area contributed by atoms with E-state index in [9.17, 15) is 8.42 Å².